The Labute approximate surface area is 108 Å². The molecule has 0 aromatic heterocycles. The van der Waals surface area contributed by atoms with Crippen LogP contribution in [0.4, 0.5) is 10.1 Å². The van der Waals surface area contributed by atoms with E-state index in [1.54, 1.807) is 18.0 Å². The van der Waals surface area contributed by atoms with Crippen LogP contribution in [-0.2, 0) is 4.79 Å². The van der Waals surface area contributed by atoms with E-state index in [1.807, 2.05) is 6.92 Å². The van der Waals surface area contributed by atoms with Crippen LogP contribution in [0.2, 0.25) is 0 Å². The normalized spacial score (nSPS) is 19.9. The van der Waals surface area contributed by atoms with Crippen molar-refractivity contribution in [1.29, 1.82) is 0 Å². The molecule has 1 saturated heterocycles. The first kappa shape index (κ1) is 12.4. The van der Waals surface area contributed by atoms with Gasteiger partial charge in [-0.15, -0.1) is 0 Å². The van der Waals surface area contributed by atoms with Crippen molar-refractivity contribution in [3.63, 3.8) is 0 Å². The first-order valence-electron chi connectivity index (χ1n) is 5.46. The number of likely N-dealkylation sites (tertiary alicyclic amines) is 1. The van der Waals surface area contributed by atoms with Crippen molar-refractivity contribution in [2.45, 2.75) is 19.4 Å². The Kier molecular flexibility index (Phi) is 3.38. The fraction of sp³-hybridized carbons (Fsp3) is 0.417. The number of nitrogens with one attached hydrogen (secondary N) is 1. The fourth-order valence-electron chi connectivity index (χ4n) is 1.95. The van der Waals surface area contributed by atoms with Crippen LogP contribution in [0.1, 0.15) is 12.0 Å². The molecular formula is C12H14BrFN2O. The molecule has 1 unspecified atom stereocenters. The van der Waals surface area contributed by atoms with Gasteiger partial charge in [-0.25, -0.2) is 4.39 Å². The zero-order valence-electron chi connectivity index (χ0n) is 9.76. The molecule has 92 valence electrons. The minimum atomic E-state index is -0.289. The van der Waals surface area contributed by atoms with E-state index in [-0.39, 0.29) is 17.8 Å². The monoisotopic (exact) mass is 300 g/mol. The molecule has 1 amide bonds. The number of aryl methyl sites for hydroxylation is 1. The van der Waals surface area contributed by atoms with Crippen LogP contribution in [0.5, 0.6) is 0 Å². The third-order valence-corrected chi connectivity index (χ3v) is 3.63. The summed E-state index contributed by atoms with van der Waals surface area (Å²) in [7, 11) is 1.79. The summed E-state index contributed by atoms with van der Waals surface area (Å²) in [5, 5.41) is 3.17. The Morgan fingerprint density at radius 2 is 2.24 bits per heavy atom. The van der Waals surface area contributed by atoms with Crippen LogP contribution in [0.3, 0.4) is 0 Å². The number of hydrogen-bond donors (Lipinski definition) is 1. The molecule has 1 atom stereocenters. The molecule has 0 radical (unpaired) electrons. The van der Waals surface area contributed by atoms with Crippen molar-refractivity contribution < 1.29 is 9.18 Å². The van der Waals surface area contributed by atoms with Crippen molar-refractivity contribution in [2.24, 2.45) is 0 Å². The lowest BCUT2D eigenvalue weighted by Gasteiger charge is -2.16. The average Bonchev–Trinajstić information content (AvgIpc) is 2.58. The molecule has 3 nitrogen and oxygen atoms in total. The summed E-state index contributed by atoms with van der Waals surface area (Å²) in [6, 6.07) is 2.93. The summed E-state index contributed by atoms with van der Waals surface area (Å²) in [6.07, 6.45) is 0.782. The highest BCUT2D eigenvalue weighted by atomic mass is 79.9. The van der Waals surface area contributed by atoms with E-state index in [9.17, 15) is 9.18 Å². The minimum absolute atomic E-state index is 0.0878. The molecule has 5 heteroatoms. The van der Waals surface area contributed by atoms with Crippen LogP contribution in [0.15, 0.2) is 16.6 Å². The van der Waals surface area contributed by atoms with E-state index in [0.29, 0.717) is 4.47 Å². The van der Waals surface area contributed by atoms with Gasteiger partial charge in [0.1, 0.15) is 11.9 Å². The van der Waals surface area contributed by atoms with Crippen molar-refractivity contribution in [1.82, 2.24) is 4.90 Å². The van der Waals surface area contributed by atoms with Gasteiger partial charge in [-0.1, -0.05) is 0 Å². The highest BCUT2D eigenvalue weighted by Gasteiger charge is 2.29. The highest BCUT2D eigenvalue weighted by molar-refractivity contribution is 9.10. The Bertz CT molecular complexity index is 464. The second kappa shape index (κ2) is 4.64. The molecule has 0 spiro atoms. The van der Waals surface area contributed by atoms with Crippen LogP contribution in [0.25, 0.3) is 0 Å². The fourth-order valence-corrected chi connectivity index (χ4v) is 2.29. The van der Waals surface area contributed by atoms with Gasteiger partial charge in [-0.3, -0.25) is 4.79 Å². The standard InChI is InChI=1S/C12H14BrFN2O/c1-7-5-9(14)8(13)6-11(7)15-10-3-4-16(2)12(10)17/h5-6,10,15H,3-4H2,1-2H3. The largest absolute Gasteiger partial charge is 0.373 e. The van der Waals surface area contributed by atoms with E-state index in [1.165, 1.54) is 6.07 Å². The van der Waals surface area contributed by atoms with Gasteiger partial charge >= 0.3 is 0 Å². The zero-order chi connectivity index (χ0) is 12.6. The number of amides is 1. The smallest absolute Gasteiger partial charge is 0.244 e. The second-order valence-corrected chi connectivity index (χ2v) is 5.18. The lowest BCUT2D eigenvalue weighted by molar-refractivity contribution is -0.127. The number of halogens is 2. The molecule has 1 aliphatic rings. The maximum Gasteiger partial charge on any atom is 0.244 e. The number of carbonyl (C=O) groups excluding carboxylic acids is 1. The van der Waals surface area contributed by atoms with E-state index >= 15 is 0 Å². The third-order valence-electron chi connectivity index (χ3n) is 3.02. The molecule has 1 aromatic carbocycles. The SMILES string of the molecule is Cc1cc(F)c(Br)cc1NC1CCN(C)C1=O. The van der Waals surface area contributed by atoms with Crippen molar-refractivity contribution in [3.8, 4) is 0 Å². The summed E-state index contributed by atoms with van der Waals surface area (Å²) in [5.74, 6) is -0.201. The number of carbonyl (C=O) groups is 1. The van der Waals surface area contributed by atoms with Crippen molar-refractivity contribution in [3.05, 3.63) is 28.0 Å². The first-order valence-corrected chi connectivity index (χ1v) is 6.25. The van der Waals surface area contributed by atoms with E-state index < -0.39 is 0 Å². The molecule has 0 aliphatic carbocycles. The summed E-state index contributed by atoms with van der Waals surface area (Å²) in [6.45, 7) is 2.58. The Hall–Kier alpha value is -1.10. The number of hydrogen-bond acceptors (Lipinski definition) is 2. The molecule has 1 N–H and O–H groups in total. The Balaban J connectivity index is 2.19. The van der Waals surface area contributed by atoms with Crippen molar-refractivity contribution in [2.75, 3.05) is 18.9 Å². The maximum absolute atomic E-state index is 13.3. The zero-order valence-corrected chi connectivity index (χ0v) is 11.3. The Morgan fingerprint density at radius 3 is 2.82 bits per heavy atom. The first-order chi connectivity index (χ1) is 7.99. The van der Waals surface area contributed by atoms with E-state index in [2.05, 4.69) is 21.2 Å². The summed E-state index contributed by atoms with van der Waals surface area (Å²) in [5.41, 5.74) is 1.60. The van der Waals surface area contributed by atoms with Crippen LogP contribution in [0, 0.1) is 12.7 Å². The lowest BCUT2D eigenvalue weighted by atomic mass is 10.1. The topological polar surface area (TPSA) is 32.3 Å². The van der Waals surface area contributed by atoms with Gasteiger partial charge in [0, 0.05) is 19.3 Å². The molecule has 1 heterocycles. The van der Waals surface area contributed by atoms with E-state index in [0.717, 1.165) is 24.2 Å². The molecule has 1 aromatic rings. The van der Waals surface area contributed by atoms with Crippen LogP contribution in [-0.4, -0.2) is 30.4 Å². The summed E-state index contributed by atoms with van der Waals surface area (Å²) < 4.78 is 13.7. The van der Waals surface area contributed by atoms with Gasteiger partial charge in [0.15, 0.2) is 0 Å². The van der Waals surface area contributed by atoms with Crippen molar-refractivity contribution >= 4 is 27.5 Å². The third kappa shape index (κ3) is 2.44. The van der Waals surface area contributed by atoms with Gasteiger partial charge in [-0.2, -0.15) is 0 Å². The lowest BCUT2D eigenvalue weighted by Crippen LogP contribution is -2.31. The van der Waals surface area contributed by atoms with Gasteiger partial charge in [0.05, 0.1) is 4.47 Å². The molecular weight excluding hydrogens is 287 g/mol. The molecule has 17 heavy (non-hydrogen) atoms. The second-order valence-electron chi connectivity index (χ2n) is 4.33. The highest BCUT2D eigenvalue weighted by Crippen LogP contribution is 2.26. The molecule has 0 saturated carbocycles. The maximum atomic E-state index is 13.3. The number of benzene rings is 1. The van der Waals surface area contributed by atoms with Gasteiger partial charge in [-0.05, 0) is 47.0 Å². The predicted molar refractivity (Wildman–Crippen MR) is 68.5 cm³/mol. The molecule has 1 fully saturated rings. The summed E-state index contributed by atoms with van der Waals surface area (Å²) >= 11 is 3.15. The number of rotatable bonds is 2. The molecule has 2 rings (SSSR count). The quantitative estimate of drug-likeness (QED) is 0.910. The van der Waals surface area contributed by atoms with Crippen LogP contribution >= 0.6 is 15.9 Å². The predicted octanol–water partition coefficient (Wildman–Crippen LogP) is 2.54. The number of nitrogens with zero attached hydrogens (tertiary/aromatic N) is 1. The molecule has 0 bridgehead atoms. The Morgan fingerprint density at radius 1 is 1.53 bits per heavy atom. The average molecular weight is 301 g/mol. The van der Waals surface area contributed by atoms with Gasteiger partial charge < -0.3 is 10.2 Å². The number of likely N-dealkylation sites (N-methyl/N-ethyl adjacent to an activating group) is 1. The molecule has 1 aliphatic heterocycles. The van der Waals surface area contributed by atoms with E-state index in [4.69, 9.17) is 0 Å². The van der Waals surface area contributed by atoms with Crippen LogP contribution < -0.4 is 5.32 Å². The number of anilines is 1. The van der Waals surface area contributed by atoms with Gasteiger partial charge in [0.25, 0.3) is 0 Å². The summed E-state index contributed by atoms with van der Waals surface area (Å²) in [4.78, 5) is 13.5. The minimum Gasteiger partial charge on any atom is -0.373 e. The van der Waals surface area contributed by atoms with Gasteiger partial charge in [0.2, 0.25) is 5.91 Å².